The molecule has 2 amide bonds. The van der Waals surface area contributed by atoms with Crippen LogP contribution in [-0.2, 0) is 9.59 Å². The number of aliphatic carboxylic acids is 1. The summed E-state index contributed by atoms with van der Waals surface area (Å²) in [5, 5.41) is 41.6. The van der Waals surface area contributed by atoms with Crippen LogP contribution in [0.25, 0.3) is 0 Å². The molecule has 4 unspecified atom stereocenters. The number of hydrogen-bond donors (Lipinski definition) is 5. The van der Waals surface area contributed by atoms with E-state index < -0.39 is 35.4 Å². The Balaban J connectivity index is 1.44. The van der Waals surface area contributed by atoms with Crippen molar-refractivity contribution in [1.29, 1.82) is 0 Å². The van der Waals surface area contributed by atoms with Gasteiger partial charge in [-0.1, -0.05) is 18.5 Å². The molecule has 2 fully saturated rings. The van der Waals surface area contributed by atoms with Crippen molar-refractivity contribution in [3.63, 3.8) is 0 Å². The number of aromatic hydroxyl groups is 2. The number of hydrogen-bond acceptors (Lipinski definition) is 7. The molecule has 4 rings (SSSR count). The summed E-state index contributed by atoms with van der Waals surface area (Å²) in [4.78, 5) is 40.3. The Bertz CT molecular complexity index is 1060. The smallest absolute Gasteiger partial charge is 0.352 e. The summed E-state index contributed by atoms with van der Waals surface area (Å²) in [6, 6.07) is 1.92. The Morgan fingerprint density at radius 2 is 2.00 bits per heavy atom. The van der Waals surface area contributed by atoms with Crippen LogP contribution >= 0.6 is 11.6 Å². The number of carboxylic acids is 1. The molecular weight excluding hydrogens is 454 g/mol. The molecule has 0 aromatic heterocycles. The topological polar surface area (TPSA) is 151 Å². The van der Waals surface area contributed by atoms with Crippen LogP contribution in [0.2, 0.25) is 5.02 Å². The van der Waals surface area contributed by atoms with Crippen LogP contribution in [-0.4, -0.2) is 85.8 Å². The lowest BCUT2D eigenvalue weighted by molar-refractivity contribution is -0.163. The standard InChI is InChI=1S/C22H26ClN3O7/c1-9-13(18(22(32)33)26-17(9)15(10(2)27)21(26)31)8-25-6-5-11(7-25)24-20(30)12-3-4-14(28)19(29)16(12)23/h3-4,9-11,15,17,27-29H,5-8H2,1-2H3,(H,24,30)(H,32,33)/t9?,10?,11?,15?,17-/m1/s1. The number of benzene rings is 1. The van der Waals surface area contributed by atoms with Gasteiger partial charge < -0.3 is 30.6 Å². The number of nitrogens with one attached hydrogen (secondary N) is 1. The fourth-order valence-corrected chi connectivity index (χ4v) is 5.43. The third-order valence-corrected chi connectivity index (χ3v) is 7.24. The van der Waals surface area contributed by atoms with E-state index in [-0.39, 0.29) is 40.2 Å². The number of carbonyl (C=O) groups excluding carboxylic acids is 2. The zero-order valence-electron chi connectivity index (χ0n) is 18.2. The highest BCUT2D eigenvalue weighted by atomic mass is 35.5. The summed E-state index contributed by atoms with van der Waals surface area (Å²) in [5.74, 6) is -3.81. The van der Waals surface area contributed by atoms with Gasteiger partial charge in [0.15, 0.2) is 11.5 Å². The van der Waals surface area contributed by atoms with Crippen molar-refractivity contribution in [2.45, 2.75) is 38.5 Å². The van der Waals surface area contributed by atoms with E-state index in [4.69, 9.17) is 11.6 Å². The highest BCUT2D eigenvalue weighted by Gasteiger charge is 2.59. The second kappa shape index (κ2) is 8.51. The maximum Gasteiger partial charge on any atom is 0.352 e. The van der Waals surface area contributed by atoms with E-state index >= 15 is 0 Å². The third-order valence-electron chi connectivity index (χ3n) is 6.86. The van der Waals surface area contributed by atoms with Crippen LogP contribution in [0.5, 0.6) is 11.5 Å². The van der Waals surface area contributed by atoms with Crippen molar-refractivity contribution < 1.29 is 34.8 Å². The first-order chi connectivity index (χ1) is 15.5. The van der Waals surface area contributed by atoms with E-state index in [1.165, 1.54) is 17.0 Å². The zero-order valence-corrected chi connectivity index (χ0v) is 18.9. The molecule has 1 aromatic carbocycles. The van der Waals surface area contributed by atoms with Crippen LogP contribution < -0.4 is 5.32 Å². The van der Waals surface area contributed by atoms with Gasteiger partial charge in [0.25, 0.3) is 5.91 Å². The number of carboxylic acid groups (broad SMARTS) is 1. The summed E-state index contributed by atoms with van der Waals surface area (Å²) in [6.07, 6.45) is -0.229. The van der Waals surface area contributed by atoms with E-state index in [9.17, 15) is 34.8 Å². The van der Waals surface area contributed by atoms with Crippen LogP contribution in [0.4, 0.5) is 0 Å². The first-order valence-electron chi connectivity index (χ1n) is 10.7. The van der Waals surface area contributed by atoms with Crippen LogP contribution in [0, 0.1) is 11.8 Å². The van der Waals surface area contributed by atoms with Gasteiger partial charge in [-0.25, -0.2) is 4.79 Å². The van der Waals surface area contributed by atoms with Crippen LogP contribution in [0.15, 0.2) is 23.4 Å². The fraction of sp³-hybridized carbons (Fsp3) is 0.500. The maximum absolute atomic E-state index is 12.6. The molecule has 10 nitrogen and oxygen atoms in total. The first-order valence-corrected chi connectivity index (χ1v) is 11.1. The van der Waals surface area contributed by atoms with Crippen molar-refractivity contribution >= 4 is 29.4 Å². The lowest BCUT2D eigenvalue weighted by Gasteiger charge is -2.46. The predicted molar refractivity (Wildman–Crippen MR) is 117 cm³/mol. The minimum atomic E-state index is -1.16. The van der Waals surface area contributed by atoms with Gasteiger partial charge in [-0.15, -0.1) is 0 Å². The molecule has 178 valence electrons. The van der Waals surface area contributed by atoms with Gasteiger partial charge in [-0.05, 0) is 31.1 Å². The summed E-state index contributed by atoms with van der Waals surface area (Å²) < 4.78 is 0. The van der Waals surface area contributed by atoms with E-state index in [1.807, 2.05) is 11.8 Å². The SMILES string of the molecule is CC(O)C1C(=O)N2C(C(=O)O)=C(CN3CCC(NC(=O)c4ccc(O)c(O)c4Cl)C3)C(C)[C@H]12. The molecule has 0 spiro atoms. The van der Waals surface area contributed by atoms with Gasteiger partial charge in [0.05, 0.1) is 28.6 Å². The largest absolute Gasteiger partial charge is 0.504 e. The molecule has 3 aliphatic rings. The lowest BCUT2D eigenvalue weighted by atomic mass is 9.77. The number of β-lactam (4-membered cyclic amide) rings is 1. The first kappa shape index (κ1) is 23.3. The minimum Gasteiger partial charge on any atom is -0.504 e. The van der Waals surface area contributed by atoms with Gasteiger partial charge in [0, 0.05) is 31.6 Å². The highest BCUT2D eigenvalue weighted by Crippen LogP contribution is 2.47. The minimum absolute atomic E-state index is 0.00626. The maximum atomic E-state index is 12.6. The highest BCUT2D eigenvalue weighted by molar-refractivity contribution is 6.35. The predicted octanol–water partition coefficient (Wildman–Crippen LogP) is 0.752. The van der Waals surface area contributed by atoms with Gasteiger partial charge in [-0.3, -0.25) is 14.5 Å². The molecule has 33 heavy (non-hydrogen) atoms. The molecule has 2 saturated heterocycles. The molecule has 3 heterocycles. The number of halogens is 1. The quantitative estimate of drug-likeness (QED) is 0.296. The van der Waals surface area contributed by atoms with E-state index in [1.54, 1.807) is 6.92 Å². The van der Waals surface area contributed by atoms with Gasteiger partial charge in [0.2, 0.25) is 5.91 Å². The number of fused-ring (bicyclic) bond motifs is 1. The van der Waals surface area contributed by atoms with Gasteiger partial charge in [0.1, 0.15) is 5.70 Å². The zero-order chi connectivity index (χ0) is 24.2. The third kappa shape index (κ3) is 3.81. The Labute approximate surface area is 195 Å². The molecular formula is C22H26ClN3O7. The molecule has 0 bridgehead atoms. The molecule has 5 N–H and O–H groups in total. The number of nitrogens with zero attached hydrogens (tertiary/aromatic N) is 2. The average molecular weight is 480 g/mol. The van der Waals surface area contributed by atoms with Crippen molar-refractivity contribution in [3.8, 4) is 11.5 Å². The van der Waals surface area contributed by atoms with Crippen molar-refractivity contribution in [3.05, 3.63) is 34.0 Å². The average Bonchev–Trinajstić information content (AvgIpc) is 3.27. The number of phenolic OH excluding ortho intramolecular Hbond substituents is 2. The van der Waals surface area contributed by atoms with Crippen molar-refractivity contribution in [2.24, 2.45) is 11.8 Å². The van der Waals surface area contributed by atoms with E-state index in [0.29, 0.717) is 31.6 Å². The fourth-order valence-electron chi connectivity index (χ4n) is 5.18. The Hall–Kier alpha value is -2.82. The summed E-state index contributed by atoms with van der Waals surface area (Å²) >= 11 is 5.97. The molecule has 3 aliphatic heterocycles. The molecule has 1 aromatic rings. The summed E-state index contributed by atoms with van der Waals surface area (Å²) in [7, 11) is 0. The second-order valence-corrected chi connectivity index (χ2v) is 9.30. The van der Waals surface area contributed by atoms with Crippen molar-refractivity contribution in [1.82, 2.24) is 15.1 Å². The molecule has 0 saturated carbocycles. The lowest BCUT2D eigenvalue weighted by Crippen LogP contribution is -2.63. The second-order valence-electron chi connectivity index (χ2n) is 8.92. The van der Waals surface area contributed by atoms with Gasteiger partial charge in [-0.2, -0.15) is 0 Å². The summed E-state index contributed by atoms with van der Waals surface area (Å²) in [6.45, 7) is 4.83. The van der Waals surface area contributed by atoms with Crippen molar-refractivity contribution in [2.75, 3.05) is 19.6 Å². The molecule has 11 heteroatoms. The van der Waals surface area contributed by atoms with Crippen LogP contribution in [0.1, 0.15) is 30.6 Å². The Kier molecular flexibility index (Phi) is 6.02. The normalized spacial score (nSPS) is 28.0. The van der Waals surface area contributed by atoms with E-state index in [2.05, 4.69) is 5.32 Å². The monoisotopic (exact) mass is 479 g/mol. The number of phenols is 2. The summed E-state index contributed by atoms with van der Waals surface area (Å²) in [5.41, 5.74) is 0.675. The number of likely N-dealkylation sites (tertiary alicyclic amines) is 1. The number of carbonyl (C=O) groups is 3. The number of rotatable bonds is 6. The molecule has 0 aliphatic carbocycles. The molecule has 0 radical (unpaired) electrons. The number of amides is 2. The molecule has 5 atom stereocenters. The number of aliphatic hydroxyl groups excluding tert-OH is 1. The Morgan fingerprint density at radius 1 is 1.30 bits per heavy atom. The van der Waals surface area contributed by atoms with E-state index in [0.717, 1.165) is 0 Å². The van der Waals surface area contributed by atoms with Gasteiger partial charge >= 0.3 is 5.97 Å². The Morgan fingerprint density at radius 3 is 2.64 bits per heavy atom. The number of aliphatic hydroxyl groups is 1. The van der Waals surface area contributed by atoms with Crippen LogP contribution in [0.3, 0.4) is 0 Å².